The van der Waals surface area contributed by atoms with Gasteiger partial charge in [-0.25, -0.2) is 0 Å². The molecule has 0 bridgehead atoms. The highest BCUT2D eigenvalue weighted by Crippen LogP contribution is 2.24. The maximum Gasteiger partial charge on any atom is 0.0998 e. The van der Waals surface area contributed by atoms with E-state index in [1.807, 2.05) is 83.5 Å². The van der Waals surface area contributed by atoms with Crippen LogP contribution in [-0.4, -0.2) is 72.2 Å². The number of nitrogens with zero attached hydrogens (tertiary/aromatic N) is 4. The molecule has 3 aromatic rings. The van der Waals surface area contributed by atoms with Gasteiger partial charge in [0.2, 0.25) is 0 Å². The lowest BCUT2D eigenvalue weighted by molar-refractivity contribution is 0.879. The minimum Gasteiger partial charge on any atom is -0.370 e. The molecule has 0 N–H and O–H groups in total. The second-order valence-electron chi connectivity index (χ2n) is 10.9. The molecule has 0 fully saturated rings. The number of rotatable bonds is 22. The molecular weight excluding hydrogens is 665 g/mol. The van der Waals surface area contributed by atoms with Gasteiger partial charge in [0.15, 0.2) is 0 Å². The molecule has 0 amide bonds. The zero-order valence-corrected chi connectivity index (χ0v) is 32.3. The third kappa shape index (κ3) is 13.6. The van der Waals surface area contributed by atoms with Crippen molar-refractivity contribution in [2.75, 3.05) is 82.0 Å². The molecule has 8 heteroatoms. The topological polar surface area (TPSA) is 54.1 Å². The monoisotopic (exact) mass is 714 g/mol. The molecule has 0 aromatic heterocycles. The minimum atomic E-state index is 0.551. The number of hydrogen-bond donors (Lipinski definition) is 0. The van der Waals surface area contributed by atoms with Crippen molar-refractivity contribution >= 4 is 82.7 Å². The Morgan fingerprint density at radius 2 is 0.812 bits per heavy atom. The summed E-state index contributed by atoms with van der Waals surface area (Å²) < 4.78 is 0. The number of anilines is 2. The molecule has 254 valence electrons. The van der Waals surface area contributed by atoms with Crippen LogP contribution < -0.4 is 9.80 Å². The summed E-state index contributed by atoms with van der Waals surface area (Å²) in [5.41, 5.74) is 7.20. The number of benzene rings is 3. The number of nitriles is 2. The summed E-state index contributed by atoms with van der Waals surface area (Å²) in [6, 6.07) is 25.6. The summed E-state index contributed by atoms with van der Waals surface area (Å²) in [6.07, 6.45) is 7.93. The van der Waals surface area contributed by atoms with Crippen molar-refractivity contribution in [3.63, 3.8) is 0 Å². The molecule has 0 aliphatic heterocycles. The van der Waals surface area contributed by atoms with Gasteiger partial charge in [-0.3, -0.25) is 0 Å². The Kier molecular flexibility index (Phi) is 19.3. The van der Waals surface area contributed by atoms with Crippen LogP contribution in [0.4, 0.5) is 11.4 Å². The lowest BCUT2D eigenvalue weighted by Crippen LogP contribution is -2.28. The Morgan fingerprint density at radius 1 is 0.500 bits per heavy atom. The number of hydrogen-bond acceptors (Lipinski definition) is 8. The Bertz CT molecular complexity index is 1370. The van der Waals surface area contributed by atoms with Gasteiger partial charge in [0.05, 0.1) is 23.3 Å². The molecule has 3 rings (SSSR count). The first kappa shape index (κ1) is 39.6. The maximum atomic E-state index is 9.99. The fourth-order valence-corrected chi connectivity index (χ4v) is 7.64. The fraction of sp³-hybridized carbons (Fsp3) is 0.400. The summed E-state index contributed by atoms with van der Waals surface area (Å²) in [5, 5.41) is 20.0. The average molecular weight is 715 g/mol. The third-order valence-corrected chi connectivity index (χ3v) is 11.2. The predicted octanol–water partition coefficient (Wildman–Crippen LogP) is 10.4. The fourth-order valence-electron chi connectivity index (χ4n) is 5.08. The molecule has 4 nitrogen and oxygen atoms in total. The summed E-state index contributed by atoms with van der Waals surface area (Å²) >= 11 is 7.92. The summed E-state index contributed by atoms with van der Waals surface area (Å²) in [4.78, 5) is 4.95. The third-order valence-electron chi connectivity index (χ3n) is 7.73. The van der Waals surface area contributed by atoms with Gasteiger partial charge < -0.3 is 9.80 Å². The van der Waals surface area contributed by atoms with Crippen molar-refractivity contribution in [2.24, 2.45) is 0 Å². The minimum absolute atomic E-state index is 0.551. The van der Waals surface area contributed by atoms with Gasteiger partial charge in [-0.15, -0.1) is 0 Å². The molecule has 3 aromatic carbocycles. The smallest absolute Gasteiger partial charge is 0.0998 e. The first-order valence-electron chi connectivity index (χ1n) is 16.9. The highest BCUT2D eigenvalue weighted by atomic mass is 32.2. The van der Waals surface area contributed by atoms with Crippen molar-refractivity contribution in [1.29, 1.82) is 10.5 Å². The Morgan fingerprint density at radius 3 is 1.08 bits per heavy atom. The molecule has 0 heterocycles. The van der Waals surface area contributed by atoms with E-state index in [4.69, 9.17) is 0 Å². The highest BCUT2D eigenvalue weighted by Gasteiger charge is 2.10. The first-order valence-corrected chi connectivity index (χ1v) is 21.5. The van der Waals surface area contributed by atoms with Crippen molar-refractivity contribution < 1.29 is 0 Å². The van der Waals surface area contributed by atoms with E-state index in [1.54, 1.807) is 0 Å². The molecule has 0 atom stereocenters. The van der Waals surface area contributed by atoms with E-state index in [2.05, 4.69) is 98.2 Å². The van der Waals surface area contributed by atoms with Gasteiger partial charge in [-0.05, 0) is 81.7 Å². The Hall–Kier alpha value is -2.88. The SMILES string of the molecule is CCSCCN(CCSCC)c1ccc(/C=C/c2cc(C#N)c(/C=C/c3ccc(N(CCSCC)CCSCC)cc3)cc2C#N)cc1. The van der Waals surface area contributed by atoms with Gasteiger partial charge in [0, 0.05) is 60.6 Å². The van der Waals surface area contributed by atoms with E-state index in [1.165, 1.54) is 11.4 Å². The normalized spacial score (nSPS) is 11.2. The standard InChI is InChI=1S/C40H50N4S4/c1-5-45-25-21-43(22-26-46-6-2)39-17-11-33(12-18-39)9-15-35-29-38(32-42)36(30-37(35)31-41)16-10-34-13-19-40(20-14-34)44(23-27-47-7-3)24-28-48-8-4/h9-20,29-30H,5-8,21-28H2,1-4H3/b15-9+,16-10+. The van der Waals surface area contributed by atoms with Crippen LogP contribution in [-0.2, 0) is 0 Å². The van der Waals surface area contributed by atoms with Crippen LogP contribution in [0.5, 0.6) is 0 Å². The molecule has 0 radical (unpaired) electrons. The molecule has 0 unspecified atom stereocenters. The first-order chi connectivity index (χ1) is 23.6. The van der Waals surface area contributed by atoms with Gasteiger partial charge in [0.1, 0.15) is 0 Å². The average Bonchev–Trinajstić information content (AvgIpc) is 3.12. The maximum absolute atomic E-state index is 9.99. The highest BCUT2D eigenvalue weighted by molar-refractivity contribution is 7.99. The van der Waals surface area contributed by atoms with Crippen LogP contribution in [0.2, 0.25) is 0 Å². The molecule has 48 heavy (non-hydrogen) atoms. The van der Waals surface area contributed by atoms with Crippen molar-refractivity contribution in [3.05, 3.63) is 94.0 Å². The summed E-state index contributed by atoms with van der Waals surface area (Å²) in [5.74, 6) is 9.06. The van der Waals surface area contributed by atoms with Crippen molar-refractivity contribution in [2.45, 2.75) is 27.7 Å². The van der Waals surface area contributed by atoms with E-state index in [0.717, 1.165) is 94.5 Å². The van der Waals surface area contributed by atoms with E-state index in [9.17, 15) is 10.5 Å². The molecule has 0 saturated heterocycles. The molecule has 0 spiro atoms. The van der Waals surface area contributed by atoms with Crippen LogP contribution in [0.25, 0.3) is 24.3 Å². The Labute approximate surface area is 307 Å². The zero-order chi connectivity index (χ0) is 34.4. The molecule has 0 aliphatic rings. The lowest BCUT2D eigenvalue weighted by atomic mass is 9.97. The molecule has 0 saturated carbocycles. The van der Waals surface area contributed by atoms with Gasteiger partial charge >= 0.3 is 0 Å². The molecular formula is C40H50N4S4. The summed E-state index contributed by atoms with van der Waals surface area (Å²) in [7, 11) is 0. The van der Waals surface area contributed by atoms with E-state index < -0.39 is 0 Å². The predicted molar refractivity (Wildman–Crippen MR) is 223 cm³/mol. The summed E-state index contributed by atoms with van der Waals surface area (Å²) in [6.45, 7) is 13.0. The van der Waals surface area contributed by atoms with Crippen LogP contribution >= 0.6 is 47.0 Å². The second kappa shape index (κ2) is 23.5. The number of thioether (sulfide) groups is 4. The van der Waals surface area contributed by atoms with Crippen LogP contribution in [0, 0.1) is 22.7 Å². The van der Waals surface area contributed by atoms with E-state index in [-0.39, 0.29) is 0 Å². The molecule has 0 aliphatic carbocycles. The van der Waals surface area contributed by atoms with Gasteiger partial charge in [-0.2, -0.15) is 57.6 Å². The van der Waals surface area contributed by atoms with Crippen molar-refractivity contribution in [1.82, 2.24) is 0 Å². The van der Waals surface area contributed by atoms with Crippen LogP contribution in [0.15, 0.2) is 60.7 Å². The van der Waals surface area contributed by atoms with Gasteiger partial charge in [0.25, 0.3) is 0 Å². The Balaban J connectivity index is 1.74. The van der Waals surface area contributed by atoms with Crippen LogP contribution in [0.3, 0.4) is 0 Å². The quantitative estimate of drug-likeness (QED) is 0.0753. The lowest BCUT2D eigenvalue weighted by Gasteiger charge is -2.24. The van der Waals surface area contributed by atoms with Gasteiger partial charge in [-0.1, -0.05) is 76.3 Å². The zero-order valence-electron chi connectivity index (χ0n) is 29.0. The largest absolute Gasteiger partial charge is 0.370 e. The van der Waals surface area contributed by atoms with Crippen LogP contribution in [0.1, 0.15) is 61.1 Å². The second-order valence-corrected chi connectivity index (χ2v) is 16.4. The van der Waals surface area contributed by atoms with Crippen molar-refractivity contribution in [3.8, 4) is 12.1 Å². The van der Waals surface area contributed by atoms with E-state index >= 15 is 0 Å². The van der Waals surface area contributed by atoms with E-state index in [0.29, 0.717) is 11.1 Å².